The summed E-state index contributed by atoms with van der Waals surface area (Å²) in [5.41, 5.74) is 2.12. The van der Waals surface area contributed by atoms with Gasteiger partial charge in [-0.25, -0.2) is 8.42 Å². The second-order valence-electron chi connectivity index (χ2n) is 8.48. The number of rotatable bonds is 11. The fourth-order valence-electron chi connectivity index (χ4n) is 3.70. The van der Waals surface area contributed by atoms with E-state index < -0.39 is 28.5 Å². The number of amides is 2. The molecule has 9 heteroatoms. The Kier molecular flexibility index (Phi) is 9.49. The molecule has 2 amide bonds. The van der Waals surface area contributed by atoms with E-state index in [9.17, 15) is 18.0 Å². The predicted molar refractivity (Wildman–Crippen MR) is 134 cm³/mol. The van der Waals surface area contributed by atoms with Crippen LogP contribution in [0, 0.1) is 6.92 Å². The maximum absolute atomic E-state index is 13.7. The number of aryl methyl sites for hydroxylation is 1. The van der Waals surface area contributed by atoms with Crippen molar-refractivity contribution in [3.63, 3.8) is 0 Å². The summed E-state index contributed by atoms with van der Waals surface area (Å²) in [6, 6.07) is 13.4. The highest BCUT2D eigenvalue weighted by Crippen LogP contribution is 2.29. The van der Waals surface area contributed by atoms with Crippen molar-refractivity contribution in [2.24, 2.45) is 0 Å². The van der Waals surface area contributed by atoms with E-state index in [4.69, 9.17) is 4.74 Å². The molecular weight excluding hydrogens is 454 g/mol. The molecule has 0 heterocycles. The van der Waals surface area contributed by atoms with Crippen LogP contribution in [-0.2, 0) is 26.2 Å². The van der Waals surface area contributed by atoms with Crippen LogP contribution in [0.25, 0.3) is 0 Å². The molecule has 2 aromatic carbocycles. The number of carbonyl (C=O) groups excluding carboxylic acids is 2. The highest BCUT2D eigenvalue weighted by atomic mass is 32.2. The Hall–Kier alpha value is -3.07. The highest BCUT2D eigenvalue weighted by Gasteiger charge is 2.32. The number of nitrogens with zero attached hydrogens (tertiary/aromatic N) is 2. The summed E-state index contributed by atoms with van der Waals surface area (Å²) in [5, 5.41) is 2.88. The lowest BCUT2D eigenvalue weighted by molar-refractivity contribution is -0.140. The lowest BCUT2D eigenvalue weighted by atomic mass is 10.1. The molecule has 34 heavy (non-hydrogen) atoms. The van der Waals surface area contributed by atoms with E-state index in [0.29, 0.717) is 12.2 Å². The van der Waals surface area contributed by atoms with Gasteiger partial charge in [0.15, 0.2) is 0 Å². The summed E-state index contributed by atoms with van der Waals surface area (Å²) in [5.74, 6) is -0.427. The molecule has 8 nitrogen and oxygen atoms in total. The topological polar surface area (TPSA) is 96.0 Å². The monoisotopic (exact) mass is 489 g/mol. The molecule has 0 aliphatic carbocycles. The van der Waals surface area contributed by atoms with E-state index in [0.717, 1.165) is 21.7 Å². The summed E-state index contributed by atoms with van der Waals surface area (Å²) in [7, 11) is -2.39. The Labute approximate surface area is 202 Å². The molecule has 0 saturated carbocycles. The molecule has 0 aromatic heterocycles. The molecule has 0 aliphatic heterocycles. The van der Waals surface area contributed by atoms with Gasteiger partial charge in [-0.1, -0.05) is 43.3 Å². The molecule has 0 spiro atoms. The van der Waals surface area contributed by atoms with Gasteiger partial charge < -0.3 is 15.0 Å². The number of para-hydroxylation sites is 2. The van der Waals surface area contributed by atoms with E-state index in [-0.39, 0.29) is 24.2 Å². The fourth-order valence-corrected chi connectivity index (χ4v) is 4.55. The molecule has 0 radical (unpaired) electrons. The Morgan fingerprint density at radius 2 is 1.68 bits per heavy atom. The summed E-state index contributed by atoms with van der Waals surface area (Å²) in [6.07, 6.45) is 1.42. The molecule has 0 unspecified atom stereocenters. The van der Waals surface area contributed by atoms with E-state index in [1.165, 1.54) is 12.0 Å². The van der Waals surface area contributed by atoms with E-state index in [1.807, 2.05) is 52.0 Å². The molecule has 2 rings (SSSR count). The molecule has 186 valence electrons. The van der Waals surface area contributed by atoms with Crippen LogP contribution in [-0.4, -0.2) is 57.1 Å². The van der Waals surface area contributed by atoms with Gasteiger partial charge >= 0.3 is 0 Å². The molecule has 1 atom stereocenters. The smallest absolute Gasteiger partial charge is 0.244 e. The quantitative estimate of drug-likeness (QED) is 0.523. The number of hydrogen-bond acceptors (Lipinski definition) is 5. The number of anilines is 1. The third-order valence-electron chi connectivity index (χ3n) is 5.45. The Balaban J connectivity index is 2.49. The van der Waals surface area contributed by atoms with Gasteiger partial charge in [0.2, 0.25) is 21.8 Å². The molecular formula is C25H35N3O5S. The zero-order valence-corrected chi connectivity index (χ0v) is 21.6. The van der Waals surface area contributed by atoms with Crippen LogP contribution >= 0.6 is 0 Å². The summed E-state index contributed by atoms with van der Waals surface area (Å²) in [4.78, 5) is 28.1. The molecule has 0 aliphatic rings. The lowest BCUT2D eigenvalue weighted by Gasteiger charge is -2.33. The average molecular weight is 490 g/mol. The number of methoxy groups -OCH3 is 1. The van der Waals surface area contributed by atoms with Crippen molar-refractivity contribution in [1.29, 1.82) is 0 Å². The van der Waals surface area contributed by atoms with Crippen molar-refractivity contribution in [2.75, 3.05) is 24.2 Å². The number of benzene rings is 2. The number of carbonyl (C=O) groups is 2. The fraction of sp³-hybridized carbons (Fsp3) is 0.440. The lowest BCUT2D eigenvalue weighted by Crippen LogP contribution is -2.53. The zero-order valence-electron chi connectivity index (χ0n) is 20.7. The molecule has 0 bridgehead atoms. The van der Waals surface area contributed by atoms with Crippen LogP contribution in [0.2, 0.25) is 0 Å². The Bertz CT molecular complexity index is 1100. The first-order valence-corrected chi connectivity index (χ1v) is 13.1. The molecule has 1 N–H and O–H groups in total. The average Bonchev–Trinajstić information content (AvgIpc) is 2.77. The van der Waals surface area contributed by atoms with Gasteiger partial charge in [-0.3, -0.25) is 13.9 Å². The minimum atomic E-state index is -3.83. The van der Waals surface area contributed by atoms with Gasteiger partial charge in [0, 0.05) is 12.6 Å². The third-order valence-corrected chi connectivity index (χ3v) is 6.58. The first-order valence-electron chi connectivity index (χ1n) is 11.2. The maximum Gasteiger partial charge on any atom is 0.244 e. The first-order chi connectivity index (χ1) is 16.0. The van der Waals surface area contributed by atoms with Crippen molar-refractivity contribution < 1.29 is 22.7 Å². The van der Waals surface area contributed by atoms with Crippen LogP contribution in [0.15, 0.2) is 48.5 Å². The van der Waals surface area contributed by atoms with Gasteiger partial charge in [0.1, 0.15) is 18.3 Å². The van der Waals surface area contributed by atoms with Crippen LogP contribution in [0.4, 0.5) is 5.69 Å². The Morgan fingerprint density at radius 3 is 2.24 bits per heavy atom. The maximum atomic E-state index is 13.7. The SMILES string of the molecule is CC[C@H](C(=O)NC(C)C)N(Cc1ccccc1C)C(=O)CN(c1ccccc1OC)S(C)(=O)=O. The summed E-state index contributed by atoms with van der Waals surface area (Å²) in [6.45, 7) is 7.19. The highest BCUT2D eigenvalue weighted by molar-refractivity contribution is 7.92. The summed E-state index contributed by atoms with van der Waals surface area (Å²) < 4.78 is 31.8. The second kappa shape index (κ2) is 11.9. The predicted octanol–water partition coefficient (Wildman–Crippen LogP) is 3.10. The van der Waals surface area contributed by atoms with Gasteiger partial charge in [0.05, 0.1) is 19.1 Å². The van der Waals surface area contributed by atoms with Crippen LogP contribution < -0.4 is 14.4 Å². The van der Waals surface area contributed by atoms with Crippen molar-refractivity contribution >= 4 is 27.5 Å². The van der Waals surface area contributed by atoms with E-state index in [1.54, 1.807) is 24.3 Å². The standard InChI is InChI=1S/C25H35N3O5S/c1-7-21(25(30)26-18(2)3)27(16-20-13-9-8-12-19(20)4)24(29)17-28(34(6,31)32)22-14-10-11-15-23(22)33-5/h8-15,18,21H,7,16-17H2,1-6H3,(H,26,30)/t21-/m1/s1. The minimum absolute atomic E-state index is 0.0990. The minimum Gasteiger partial charge on any atom is -0.495 e. The van der Waals surface area contributed by atoms with Crippen LogP contribution in [0.1, 0.15) is 38.3 Å². The van der Waals surface area contributed by atoms with Crippen molar-refractivity contribution in [2.45, 2.75) is 52.7 Å². The van der Waals surface area contributed by atoms with E-state index >= 15 is 0 Å². The first kappa shape index (κ1) is 27.2. The Morgan fingerprint density at radius 1 is 1.06 bits per heavy atom. The zero-order chi connectivity index (χ0) is 25.5. The molecule has 0 saturated heterocycles. The van der Waals surface area contributed by atoms with Crippen molar-refractivity contribution in [1.82, 2.24) is 10.2 Å². The summed E-state index contributed by atoms with van der Waals surface area (Å²) >= 11 is 0. The second-order valence-corrected chi connectivity index (χ2v) is 10.4. The normalized spacial score (nSPS) is 12.2. The largest absolute Gasteiger partial charge is 0.495 e. The van der Waals surface area contributed by atoms with E-state index in [2.05, 4.69) is 5.32 Å². The number of sulfonamides is 1. The van der Waals surface area contributed by atoms with Gasteiger partial charge in [-0.15, -0.1) is 0 Å². The van der Waals surface area contributed by atoms with Crippen LogP contribution in [0.3, 0.4) is 0 Å². The van der Waals surface area contributed by atoms with Gasteiger partial charge in [0.25, 0.3) is 0 Å². The van der Waals surface area contributed by atoms with Crippen molar-refractivity contribution in [3.8, 4) is 5.75 Å². The molecule has 2 aromatic rings. The number of hydrogen-bond donors (Lipinski definition) is 1. The van der Waals surface area contributed by atoms with Gasteiger partial charge in [-0.05, 0) is 50.5 Å². The van der Waals surface area contributed by atoms with Crippen molar-refractivity contribution in [3.05, 3.63) is 59.7 Å². The third kappa shape index (κ3) is 6.96. The van der Waals surface area contributed by atoms with Crippen LogP contribution in [0.5, 0.6) is 5.75 Å². The number of nitrogens with one attached hydrogen (secondary N) is 1. The molecule has 0 fully saturated rings. The number of ether oxygens (including phenoxy) is 1. The van der Waals surface area contributed by atoms with Gasteiger partial charge in [-0.2, -0.15) is 0 Å².